The molecule has 8 heteroatoms. The number of amides is 1. The van der Waals surface area contributed by atoms with Gasteiger partial charge in [-0.1, -0.05) is 19.1 Å². The van der Waals surface area contributed by atoms with Crippen LogP contribution in [-0.4, -0.2) is 42.8 Å². The molecule has 3 heterocycles. The van der Waals surface area contributed by atoms with Crippen molar-refractivity contribution in [3.05, 3.63) is 60.4 Å². The second kappa shape index (κ2) is 9.60. The fourth-order valence-electron chi connectivity index (χ4n) is 5.04. The van der Waals surface area contributed by atoms with Gasteiger partial charge >= 0.3 is 5.97 Å². The molecule has 186 valence electrons. The minimum atomic E-state index is -1.10. The third-order valence-corrected chi connectivity index (χ3v) is 7.11. The maximum Gasteiger partial charge on any atom is 0.341 e. The van der Waals surface area contributed by atoms with Crippen LogP contribution in [-0.2, 0) is 4.79 Å². The lowest BCUT2D eigenvalue weighted by Crippen LogP contribution is -2.43. The Morgan fingerprint density at radius 2 is 1.83 bits per heavy atom. The molecule has 1 saturated carbocycles. The van der Waals surface area contributed by atoms with E-state index in [2.05, 4.69) is 22.0 Å². The molecule has 0 saturated heterocycles. The van der Waals surface area contributed by atoms with Crippen LogP contribution in [0.1, 0.15) is 56.8 Å². The standard InChI is InChI=1S/C28H31N5O3/c1-17(2)33(27(34)20-8-6-18(3)7-9-20)26-23(28(35)36)16-32(31-26)22-12-10-19(11-13-22)24-15-21-5-4-14-29-25(21)30-24/h4-5,10-18,20H,6-9H2,1-3H3,(H,29,30)(H,35,36)/t18-,20-. The number of pyridine rings is 1. The molecule has 1 amide bonds. The van der Waals surface area contributed by atoms with Gasteiger partial charge in [0.05, 0.1) is 5.69 Å². The topological polar surface area (TPSA) is 104 Å². The van der Waals surface area contributed by atoms with Crippen molar-refractivity contribution in [3.8, 4) is 16.9 Å². The van der Waals surface area contributed by atoms with E-state index in [9.17, 15) is 14.7 Å². The lowest BCUT2D eigenvalue weighted by atomic mass is 9.82. The first-order valence-corrected chi connectivity index (χ1v) is 12.5. The summed E-state index contributed by atoms with van der Waals surface area (Å²) < 4.78 is 1.54. The van der Waals surface area contributed by atoms with Crippen molar-refractivity contribution in [1.29, 1.82) is 0 Å². The van der Waals surface area contributed by atoms with E-state index in [1.807, 2.05) is 56.3 Å². The highest BCUT2D eigenvalue weighted by atomic mass is 16.4. The number of aromatic carboxylic acids is 1. The Hall–Kier alpha value is -3.94. The molecule has 8 nitrogen and oxygen atoms in total. The highest BCUT2D eigenvalue weighted by Gasteiger charge is 2.34. The first-order valence-electron chi connectivity index (χ1n) is 12.5. The van der Waals surface area contributed by atoms with Crippen LogP contribution in [0.3, 0.4) is 0 Å². The van der Waals surface area contributed by atoms with Gasteiger partial charge < -0.3 is 10.1 Å². The first-order chi connectivity index (χ1) is 17.3. The molecule has 4 aromatic rings. The maximum atomic E-state index is 13.5. The number of hydrogen-bond donors (Lipinski definition) is 2. The average Bonchev–Trinajstić information content (AvgIpc) is 3.49. The van der Waals surface area contributed by atoms with E-state index in [-0.39, 0.29) is 29.2 Å². The van der Waals surface area contributed by atoms with Gasteiger partial charge in [-0.3, -0.25) is 9.69 Å². The number of anilines is 1. The van der Waals surface area contributed by atoms with Crippen LogP contribution in [0, 0.1) is 11.8 Å². The van der Waals surface area contributed by atoms with Crippen molar-refractivity contribution in [3.63, 3.8) is 0 Å². The number of fused-ring (bicyclic) bond motifs is 1. The van der Waals surface area contributed by atoms with Crippen molar-refractivity contribution < 1.29 is 14.7 Å². The Bertz CT molecular complexity index is 1360. The lowest BCUT2D eigenvalue weighted by Gasteiger charge is -2.32. The summed E-state index contributed by atoms with van der Waals surface area (Å²) in [4.78, 5) is 34.9. The third kappa shape index (κ3) is 4.51. The molecule has 1 aliphatic carbocycles. The summed E-state index contributed by atoms with van der Waals surface area (Å²) >= 11 is 0. The van der Waals surface area contributed by atoms with E-state index in [4.69, 9.17) is 0 Å². The second-order valence-corrected chi connectivity index (χ2v) is 10.0. The maximum absolute atomic E-state index is 13.5. The molecule has 2 N–H and O–H groups in total. The van der Waals surface area contributed by atoms with Gasteiger partial charge in [-0.15, -0.1) is 5.10 Å². The van der Waals surface area contributed by atoms with Crippen molar-refractivity contribution >= 4 is 28.7 Å². The molecule has 1 fully saturated rings. The number of carboxylic acids is 1. The summed E-state index contributed by atoms with van der Waals surface area (Å²) in [5.74, 6) is -0.409. The van der Waals surface area contributed by atoms with Crippen LogP contribution in [0.5, 0.6) is 0 Å². The van der Waals surface area contributed by atoms with Gasteiger partial charge in [0.15, 0.2) is 5.82 Å². The summed E-state index contributed by atoms with van der Waals surface area (Å²) in [6.07, 6.45) is 6.93. The fraction of sp³-hybridized carbons (Fsp3) is 0.357. The molecule has 5 rings (SSSR count). The summed E-state index contributed by atoms with van der Waals surface area (Å²) in [6, 6.07) is 13.4. The van der Waals surface area contributed by atoms with E-state index < -0.39 is 5.97 Å². The molecular formula is C28H31N5O3. The minimum absolute atomic E-state index is 0.0204. The van der Waals surface area contributed by atoms with Gasteiger partial charge in [-0.2, -0.15) is 0 Å². The molecule has 0 unspecified atom stereocenters. The zero-order chi connectivity index (χ0) is 25.4. The SMILES string of the molecule is CC(C)N(c1nn(-c2ccc(-c3cc4cccnc4[nH]3)cc2)cc1C(=O)O)C(=O)[C@H]1CC[C@H](C)CC1. The quantitative estimate of drug-likeness (QED) is 0.366. The zero-order valence-corrected chi connectivity index (χ0v) is 20.8. The molecule has 0 bridgehead atoms. The predicted molar refractivity (Wildman–Crippen MR) is 139 cm³/mol. The van der Waals surface area contributed by atoms with Crippen LogP contribution in [0.15, 0.2) is 54.9 Å². The van der Waals surface area contributed by atoms with Gasteiger partial charge in [0, 0.05) is 35.4 Å². The van der Waals surface area contributed by atoms with E-state index in [0.29, 0.717) is 11.6 Å². The Morgan fingerprint density at radius 3 is 2.47 bits per heavy atom. The van der Waals surface area contributed by atoms with Crippen LogP contribution < -0.4 is 4.90 Å². The molecule has 0 aliphatic heterocycles. The molecule has 1 aliphatic rings. The number of aromatic amines is 1. The van der Waals surface area contributed by atoms with Crippen molar-refractivity contribution in [1.82, 2.24) is 19.7 Å². The lowest BCUT2D eigenvalue weighted by molar-refractivity contribution is -0.124. The summed E-state index contributed by atoms with van der Waals surface area (Å²) in [7, 11) is 0. The number of carbonyl (C=O) groups is 2. The molecule has 0 spiro atoms. The third-order valence-electron chi connectivity index (χ3n) is 7.11. The molecule has 0 radical (unpaired) electrons. The van der Waals surface area contributed by atoms with E-state index in [1.165, 1.54) is 6.20 Å². The van der Waals surface area contributed by atoms with E-state index in [1.54, 1.807) is 15.8 Å². The number of aromatic nitrogens is 4. The number of rotatable bonds is 6. The van der Waals surface area contributed by atoms with Crippen LogP contribution in [0.25, 0.3) is 28.0 Å². The number of hydrogen-bond acceptors (Lipinski definition) is 4. The summed E-state index contributed by atoms with van der Waals surface area (Å²) in [5, 5.41) is 15.6. The molecule has 0 atom stereocenters. The highest BCUT2D eigenvalue weighted by Crippen LogP contribution is 2.33. The second-order valence-electron chi connectivity index (χ2n) is 10.0. The molecule has 1 aromatic carbocycles. The smallest absolute Gasteiger partial charge is 0.341 e. The van der Waals surface area contributed by atoms with Gasteiger partial charge in [-0.05, 0) is 81.3 Å². The van der Waals surface area contributed by atoms with E-state index >= 15 is 0 Å². The van der Waals surface area contributed by atoms with E-state index in [0.717, 1.165) is 48.0 Å². The number of H-pyrrole nitrogens is 1. The number of carboxylic acid groups (broad SMARTS) is 1. The van der Waals surface area contributed by atoms with Crippen LogP contribution in [0.2, 0.25) is 0 Å². The molecular weight excluding hydrogens is 454 g/mol. The van der Waals surface area contributed by atoms with Gasteiger partial charge in [0.2, 0.25) is 5.91 Å². The number of carbonyl (C=O) groups excluding carboxylic acids is 1. The predicted octanol–water partition coefficient (Wildman–Crippen LogP) is 5.68. The Kier molecular flexibility index (Phi) is 6.35. The van der Waals surface area contributed by atoms with Crippen molar-refractivity contribution in [2.75, 3.05) is 4.90 Å². The Labute approximate surface area is 210 Å². The normalized spacial score (nSPS) is 18.0. The Balaban J connectivity index is 1.46. The Morgan fingerprint density at radius 1 is 1.11 bits per heavy atom. The summed E-state index contributed by atoms with van der Waals surface area (Å²) in [5.41, 5.74) is 3.48. The van der Waals surface area contributed by atoms with Gasteiger partial charge in [0.1, 0.15) is 11.2 Å². The molecule has 36 heavy (non-hydrogen) atoms. The van der Waals surface area contributed by atoms with Gasteiger partial charge in [0.25, 0.3) is 0 Å². The summed E-state index contributed by atoms with van der Waals surface area (Å²) in [6.45, 7) is 6.02. The monoisotopic (exact) mass is 485 g/mol. The number of benzene rings is 1. The largest absolute Gasteiger partial charge is 0.477 e. The minimum Gasteiger partial charge on any atom is -0.477 e. The van der Waals surface area contributed by atoms with Gasteiger partial charge in [-0.25, -0.2) is 14.5 Å². The fourth-order valence-corrected chi connectivity index (χ4v) is 5.04. The number of nitrogens with one attached hydrogen (secondary N) is 1. The molecule has 3 aromatic heterocycles. The van der Waals surface area contributed by atoms with Crippen molar-refractivity contribution in [2.45, 2.75) is 52.5 Å². The highest BCUT2D eigenvalue weighted by molar-refractivity contribution is 6.01. The average molecular weight is 486 g/mol. The first kappa shape index (κ1) is 23.8. The van der Waals surface area contributed by atoms with Crippen LogP contribution >= 0.6 is 0 Å². The van der Waals surface area contributed by atoms with Crippen molar-refractivity contribution in [2.24, 2.45) is 11.8 Å². The number of nitrogens with zero attached hydrogens (tertiary/aromatic N) is 4. The van der Waals surface area contributed by atoms with Crippen LogP contribution in [0.4, 0.5) is 5.82 Å². The zero-order valence-electron chi connectivity index (χ0n) is 20.8.